The third-order valence-corrected chi connectivity index (χ3v) is 5.07. The van der Waals surface area contributed by atoms with Crippen molar-refractivity contribution in [1.29, 1.82) is 0 Å². The molecule has 1 amide bonds. The Bertz CT molecular complexity index is 893. The highest BCUT2D eigenvalue weighted by atomic mass is 35.5. The van der Waals surface area contributed by atoms with Gasteiger partial charge in [0.25, 0.3) is 5.56 Å². The van der Waals surface area contributed by atoms with Gasteiger partial charge in [-0.05, 0) is 37.0 Å². The first-order chi connectivity index (χ1) is 12.4. The van der Waals surface area contributed by atoms with E-state index >= 15 is 0 Å². The summed E-state index contributed by atoms with van der Waals surface area (Å²) >= 11 is 6.14. The van der Waals surface area contributed by atoms with Crippen molar-refractivity contribution in [1.82, 2.24) is 4.57 Å². The average Bonchev–Trinajstić information content (AvgIpc) is 3.10. The van der Waals surface area contributed by atoms with Crippen molar-refractivity contribution in [2.45, 2.75) is 25.8 Å². The number of anilines is 1. The first-order valence-corrected chi connectivity index (χ1v) is 8.79. The van der Waals surface area contributed by atoms with Crippen LogP contribution >= 0.6 is 11.6 Å². The minimum atomic E-state index is -0.853. The molecule has 2 aromatic rings. The summed E-state index contributed by atoms with van der Waals surface area (Å²) in [5.41, 5.74) is 1.11. The van der Waals surface area contributed by atoms with E-state index in [4.69, 9.17) is 16.7 Å². The molecule has 0 aliphatic heterocycles. The van der Waals surface area contributed by atoms with Crippen LogP contribution in [0.25, 0.3) is 0 Å². The number of carboxylic acid groups (broad SMARTS) is 1. The van der Waals surface area contributed by atoms with Crippen molar-refractivity contribution < 1.29 is 14.7 Å². The zero-order chi connectivity index (χ0) is 18.7. The van der Waals surface area contributed by atoms with E-state index in [0.29, 0.717) is 36.5 Å². The Morgan fingerprint density at radius 1 is 1.15 bits per heavy atom. The molecule has 1 fully saturated rings. The summed E-state index contributed by atoms with van der Waals surface area (Å²) in [6, 6.07) is 10.2. The molecule has 6 nitrogen and oxygen atoms in total. The summed E-state index contributed by atoms with van der Waals surface area (Å²) in [6.45, 7) is 0.298. The molecular formula is C19H19ClN2O4. The molecule has 1 aliphatic rings. The number of aromatic nitrogens is 1. The topological polar surface area (TPSA) is 88.4 Å². The number of hydrogen-bond donors (Lipinski definition) is 2. The van der Waals surface area contributed by atoms with Gasteiger partial charge in [0.05, 0.1) is 18.2 Å². The third kappa shape index (κ3) is 4.14. The lowest BCUT2D eigenvalue weighted by Crippen LogP contribution is -2.24. The van der Waals surface area contributed by atoms with E-state index in [1.165, 1.54) is 10.6 Å². The van der Waals surface area contributed by atoms with E-state index in [0.717, 1.165) is 5.56 Å². The first-order valence-electron chi connectivity index (χ1n) is 8.41. The van der Waals surface area contributed by atoms with Gasteiger partial charge in [0, 0.05) is 23.2 Å². The van der Waals surface area contributed by atoms with Crippen molar-refractivity contribution in [3.8, 4) is 0 Å². The summed E-state index contributed by atoms with van der Waals surface area (Å²) in [7, 11) is 0. The maximum Gasteiger partial charge on any atom is 0.306 e. The molecule has 136 valence electrons. The lowest BCUT2D eigenvalue weighted by Gasteiger charge is -2.13. The highest BCUT2D eigenvalue weighted by Crippen LogP contribution is 2.31. The van der Waals surface area contributed by atoms with Gasteiger partial charge in [-0.15, -0.1) is 0 Å². The van der Waals surface area contributed by atoms with Gasteiger partial charge in [0.2, 0.25) is 5.91 Å². The quantitative estimate of drug-likeness (QED) is 0.842. The monoisotopic (exact) mass is 374 g/mol. The maximum absolute atomic E-state index is 12.4. The number of carbonyl (C=O) groups excluding carboxylic acids is 1. The Labute approximate surface area is 155 Å². The number of halogens is 1. The average molecular weight is 375 g/mol. The van der Waals surface area contributed by atoms with Crippen molar-refractivity contribution >= 4 is 29.2 Å². The van der Waals surface area contributed by atoms with Gasteiger partial charge >= 0.3 is 5.97 Å². The van der Waals surface area contributed by atoms with Crippen molar-refractivity contribution in [2.75, 3.05) is 5.32 Å². The maximum atomic E-state index is 12.4. The second-order valence-electron chi connectivity index (χ2n) is 6.51. The molecular weight excluding hydrogens is 356 g/mol. The molecule has 2 atom stereocenters. The van der Waals surface area contributed by atoms with E-state index in [-0.39, 0.29) is 17.4 Å². The van der Waals surface area contributed by atoms with Crippen molar-refractivity contribution in [3.05, 3.63) is 63.5 Å². The lowest BCUT2D eigenvalue weighted by molar-refractivity contribution is -0.141. The number of amides is 1. The number of nitrogens with zero attached hydrogens (tertiary/aromatic N) is 1. The number of rotatable bonds is 5. The SMILES string of the molecule is O=C(O)[C@@H]1CC[C@H](C(=O)Nc2ccc(=O)n(Cc3ccccc3Cl)c2)C1. The second-order valence-corrected chi connectivity index (χ2v) is 6.92. The molecule has 0 saturated heterocycles. The van der Waals surface area contributed by atoms with E-state index in [1.54, 1.807) is 18.3 Å². The van der Waals surface area contributed by atoms with Crippen LogP contribution in [0.4, 0.5) is 5.69 Å². The van der Waals surface area contributed by atoms with Crippen LogP contribution in [0.5, 0.6) is 0 Å². The predicted octanol–water partition coefficient (Wildman–Crippen LogP) is 2.99. The van der Waals surface area contributed by atoms with Gasteiger partial charge in [0.15, 0.2) is 0 Å². The molecule has 1 aromatic heterocycles. The van der Waals surface area contributed by atoms with E-state index in [1.807, 2.05) is 18.2 Å². The van der Waals surface area contributed by atoms with Crippen LogP contribution in [0.15, 0.2) is 47.4 Å². The second kappa shape index (κ2) is 7.74. The molecule has 26 heavy (non-hydrogen) atoms. The van der Waals surface area contributed by atoms with Crippen LogP contribution in [0.2, 0.25) is 5.02 Å². The Hall–Kier alpha value is -2.60. The molecule has 1 aliphatic carbocycles. The van der Waals surface area contributed by atoms with Crippen LogP contribution in [0, 0.1) is 11.8 Å². The highest BCUT2D eigenvalue weighted by molar-refractivity contribution is 6.31. The minimum Gasteiger partial charge on any atom is -0.481 e. The van der Waals surface area contributed by atoms with Gasteiger partial charge in [-0.25, -0.2) is 0 Å². The first kappa shape index (κ1) is 18.2. The van der Waals surface area contributed by atoms with Crippen LogP contribution in [0.3, 0.4) is 0 Å². The van der Waals surface area contributed by atoms with Crippen LogP contribution in [-0.2, 0) is 16.1 Å². The van der Waals surface area contributed by atoms with Gasteiger partial charge < -0.3 is 15.0 Å². The number of carbonyl (C=O) groups is 2. The molecule has 3 rings (SSSR count). The largest absolute Gasteiger partial charge is 0.481 e. The van der Waals surface area contributed by atoms with E-state index < -0.39 is 11.9 Å². The Kier molecular flexibility index (Phi) is 5.42. The lowest BCUT2D eigenvalue weighted by atomic mass is 10.0. The Morgan fingerprint density at radius 2 is 1.88 bits per heavy atom. The van der Waals surface area contributed by atoms with E-state index in [2.05, 4.69) is 5.32 Å². The molecule has 0 bridgehead atoms. The van der Waals surface area contributed by atoms with Gasteiger partial charge in [-0.2, -0.15) is 0 Å². The number of nitrogens with one attached hydrogen (secondary N) is 1. The fourth-order valence-electron chi connectivity index (χ4n) is 3.23. The molecule has 0 radical (unpaired) electrons. The fraction of sp³-hybridized carbons (Fsp3) is 0.316. The molecule has 1 heterocycles. The van der Waals surface area contributed by atoms with Gasteiger partial charge in [-0.1, -0.05) is 29.8 Å². The number of hydrogen-bond acceptors (Lipinski definition) is 3. The Morgan fingerprint density at radius 3 is 2.58 bits per heavy atom. The summed E-state index contributed by atoms with van der Waals surface area (Å²) in [5, 5.41) is 12.4. The molecule has 0 spiro atoms. The number of carboxylic acids is 1. The molecule has 7 heteroatoms. The highest BCUT2D eigenvalue weighted by Gasteiger charge is 2.33. The zero-order valence-electron chi connectivity index (χ0n) is 14.0. The summed E-state index contributed by atoms with van der Waals surface area (Å²) in [4.78, 5) is 35.5. The summed E-state index contributed by atoms with van der Waals surface area (Å²) in [6.07, 6.45) is 3.00. The zero-order valence-corrected chi connectivity index (χ0v) is 14.8. The summed E-state index contributed by atoms with van der Waals surface area (Å²) in [5.74, 6) is -1.84. The molecule has 1 aromatic carbocycles. The van der Waals surface area contributed by atoms with E-state index in [9.17, 15) is 14.4 Å². The summed E-state index contributed by atoms with van der Waals surface area (Å²) < 4.78 is 1.48. The Balaban J connectivity index is 1.72. The smallest absolute Gasteiger partial charge is 0.306 e. The minimum absolute atomic E-state index is 0.199. The number of aliphatic carboxylic acids is 1. The number of pyridine rings is 1. The molecule has 0 unspecified atom stereocenters. The van der Waals surface area contributed by atoms with Crippen molar-refractivity contribution in [3.63, 3.8) is 0 Å². The molecule has 2 N–H and O–H groups in total. The standard InChI is InChI=1S/C19H19ClN2O4/c20-16-4-2-1-3-14(16)10-22-11-15(7-8-17(22)23)21-18(24)12-5-6-13(9-12)19(25)26/h1-4,7-8,11-13H,5-6,9-10H2,(H,21,24)(H,25,26)/t12-,13+/m0/s1. The normalized spacial score (nSPS) is 19.3. The fourth-order valence-corrected chi connectivity index (χ4v) is 3.42. The van der Waals surface area contributed by atoms with Crippen molar-refractivity contribution in [2.24, 2.45) is 11.8 Å². The number of benzene rings is 1. The van der Waals surface area contributed by atoms with Gasteiger partial charge in [-0.3, -0.25) is 14.4 Å². The predicted molar refractivity (Wildman–Crippen MR) is 98.4 cm³/mol. The molecule has 1 saturated carbocycles. The van der Waals surface area contributed by atoms with Crippen LogP contribution < -0.4 is 10.9 Å². The van der Waals surface area contributed by atoms with Crippen LogP contribution in [-0.4, -0.2) is 21.6 Å². The third-order valence-electron chi connectivity index (χ3n) is 4.70. The van der Waals surface area contributed by atoms with Crippen LogP contribution in [0.1, 0.15) is 24.8 Å². The van der Waals surface area contributed by atoms with Gasteiger partial charge in [0.1, 0.15) is 0 Å².